The van der Waals surface area contributed by atoms with Crippen LogP contribution in [-0.4, -0.2) is 6.04 Å². The van der Waals surface area contributed by atoms with Crippen LogP contribution < -0.4 is 5.32 Å². The van der Waals surface area contributed by atoms with Crippen LogP contribution in [-0.2, 0) is 0 Å². The van der Waals surface area contributed by atoms with Crippen molar-refractivity contribution < 1.29 is 0 Å². The maximum absolute atomic E-state index is 3.81. The zero-order valence-electron chi connectivity index (χ0n) is 10.6. The molecule has 0 aromatic carbocycles. The van der Waals surface area contributed by atoms with Crippen LogP contribution in [0, 0.1) is 11.3 Å². The van der Waals surface area contributed by atoms with Crippen molar-refractivity contribution >= 4 is 0 Å². The average Bonchev–Trinajstić information content (AvgIpc) is 2.17. The van der Waals surface area contributed by atoms with Gasteiger partial charge in [-0.3, -0.25) is 0 Å². The third kappa shape index (κ3) is 3.12. The molecule has 0 spiro atoms. The predicted octanol–water partition coefficient (Wildman–Crippen LogP) is 3.88. The summed E-state index contributed by atoms with van der Waals surface area (Å²) in [5.41, 5.74) is 1.88. The van der Waals surface area contributed by atoms with E-state index >= 15 is 0 Å². The normalized spacial score (nSPS) is 28.5. The van der Waals surface area contributed by atoms with Crippen LogP contribution >= 0.6 is 0 Å². The second kappa shape index (κ2) is 4.87. The summed E-state index contributed by atoms with van der Waals surface area (Å²) in [7, 11) is 0. The Morgan fingerprint density at radius 2 is 2.13 bits per heavy atom. The van der Waals surface area contributed by atoms with Gasteiger partial charge in [0.2, 0.25) is 0 Å². The first kappa shape index (κ1) is 12.4. The molecule has 0 amide bonds. The Balaban J connectivity index is 2.62. The van der Waals surface area contributed by atoms with Gasteiger partial charge in [-0.05, 0) is 37.5 Å². The van der Waals surface area contributed by atoms with E-state index in [4.69, 9.17) is 0 Å². The monoisotopic (exact) mass is 207 g/mol. The molecular formula is C14H25N. The van der Waals surface area contributed by atoms with E-state index in [1.807, 2.05) is 6.08 Å². The van der Waals surface area contributed by atoms with Gasteiger partial charge in [0.25, 0.3) is 0 Å². The van der Waals surface area contributed by atoms with Crippen LogP contribution in [0.2, 0.25) is 0 Å². The molecule has 1 aliphatic carbocycles. The quantitative estimate of drug-likeness (QED) is 0.690. The summed E-state index contributed by atoms with van der Waals surface area (Å²) in [4.78, 5) is 0. The van der Waals surface area contributed by atoms with Crippen LogP contribution in [0.15, 0.2) is 24.4 Å². The zero-order chi connectivity index (χ0) is 11.5. The van der Waals surface area contributed by atoms with Crippen molar-refractivity contribution in [2.75, 3.05) is 0 Å². The second-order valence-electron chi connectivity index (χ2n) is 5.42. The molecule has 86 valence electrons. The zero-order valence-corrected chi connectivity index (χ0v) is 10.6. The van der Waals surface area contributed by atoms with Crippen molar-refractivity contribution in [3.8, 4) is 0 Å². The van der Waals surface area contributed by atoms with E-state index in [9.17, 15) is 0 Å². The Hall–Kier alpha value is -0.720. The number of rotatable bonds is 4. The molecule has 0 bridgehead atoms. The van der Waals surface area contributed by atoms with Gasteiger partial charge in [-0.2, -0.15) is 0 Å². The van der Waals surface area contributed by atoms with Crippen molar-refractivity contribution in [3.05, 3.63) is 24.4 Å². The first-order valence-corrected chi connectivity index (χ1v) is 6.06. The molecule has 1 N–H and O–H groups in total. The minimum Gasteiger partial charge on any atom is -0.383 e. The lowest BCUT2D eigenvalue weighted by Crippen LogP contribution is -2.33. The van der Waals surface area contributed by atoms with Crippen LogP contribution in [0.25, 0.3) is 0 Å². The highest BCUT2D eigenvalue weighted by Crippen LogP contribution is 2.41. The van der Waals surface area contributed by atoms with Crippen LogP contribution in [0.5, 0.6) is 0 Å². The first-order valence-electron chi connectivity index (χ1n) is 6.06. The molecule has 2 atom stereocenters. The molecule has 0 aromatic rings. The lowest BCUT2D eigenvalue weighted by Gasteiger charge is -2.38. The Morgan fingerprint density at radius 1 is 1.47 bits per heavy atom. The molecule has 1 rings (SSSR count). The van der Waals surface area contributed by atoms with Crippen LogP contribution in [0.1, 0.15) is 47.0 Å². The largest absolute Gasteiger partial charge is 0.383 e. The van der Waals surface area contributed by atoms with E-state index in [2.05, 4.69) is 45.7 Å². The Kier molecular flexibility index (Phi) is 4.01. The highest BCUT2D eigenvalue weighted by molar-refractivity contribution is 5.10. The average molecular weight is 207 g/mol. The van der Waals surface area contributed by atoms with Gasteiger partial charge in [-0.15, -0.1) is 6.58 Å². The standard InChI is InChI=1S/C14H25N/c1-6-12(4)15-13-8-7-9-14(5,10-13)11(2)3/h6,8,11-12,15H,1,7,9-10H2,2-5H3. The Labute approximate surface area is 94.6 Å². The molecule has 0 saturated carbocycles. The van der Waals surface area contributed by atoms with Gasteiger partial charge in [-0.25, -0.2) is 0 Å². The predicted molar refractivity (Wildman–Crippen MR) is 67.7 cm³/mol. The van der Waals surface area contributed by atoms with Gasteiger partial charge in [0.1, 0.15) is 0 Å². The molecule has 1 nitrogen and oxygen atoms in total. The second-order valence-corrected chi connectivity index (χ2v) is 5.42. The van der Waals surface area contributed by atoms with Gasteiger partial charge in [0, 0.05) is 11.7 Å². The van der Waals surface area contributed by atoms with Gasteiger partial charge in [-0.1, -0.05) is 32.9 Å². The molecule has 0 aliphatic heterocycles. The molecule has 1 aliphatic rings. The summed E-state index contributed by atoms with van der Waals surface area (Å²) in [5.74, 6) is 0.752. The molecule has 2 unspecified atom stereocenters. The molecule has 0 heterocycles. The molecule has 0 saturated heterocycles. The van der Waals surface area contributed by atoms with Gasteiger partial charge in [0.15, 0.2) is 0 Å². The third-order valence-electron chi connectivity index (χ3n) is 3.86. The van der Waals surface area contributed by atoms with Crippen LogP contribution in [0.4, 0.5) is 0 Å². The summed E-state index contributed by atoms with van der Waals surface area (Å²) in [6.45, 7) is 13.0. The van der Waals surface area contributed by atoms with E-state index in [-0.39, 0.29) is 0 Å². The van der Waals surface area contributed by atoms with Gasteiger partial charge < -0.3 is 5.32 Å². The van der Waals surface area contributed by atoms with Crippen molar-refractivity contribution in [2.24, 2.45) is 11.3 Å². The molecule has 0 aromatic heterocycles. The summed E-state index contributed by atoms with van der Waals surface area (Å²) >= 11 is 0. The molecular weight excluding hydrogens is 182 g/mol. The number of hydrogen-bond acceptors (Lipinski definition) is 1. The van der Waals surface area contributed by atoms with Gasteiger partial charge >= 0.3 is 0 Å². The summed E-state index contributed by atoms with van der Waals surface area (Å²) < 4.78 is 0. The Bertz CT molecular complexity index is 252. The molecule has 0 radical (unpaired) electrons. The molecule has 1 heteroatoms. The van der Waals surface area contributed by atoms with E-state index in [0.29, 0.717) is 11.5 Å². The molecule has 15 heavy (non-hydrogen) atoms. The fraction of sp³-hybridized carbons (Fsp3) is 0.714. The lowest BCUT2D eigenvalue weighted by atomic mass is 9.70. The topological polar surface area (TPSA) is 12.0 Å². The maximum Gasteiger partial charge on any atom is 0.0410 e. The van der Waals surface area contributed by atoms with E-state index in [0.717, 1.165) is 5.92 Å². The summed E-state index contributed by atoms with van der Waals surface area (Å²) in [6, 6.07) is 0.380. The minimum atomic E-state index is 0.380. The lowest BCUT2D eigenvalue weighted by molar-refractivity contribution is 0.185. The maximum atomic E-state index is 3.81. The third-order valence-corrected chi connectivity index (χ3v) is 3.86. The molecule has 0 fully saturated rings. The highest BCUT2D eigenvalue weighted by Gasteiger charge is 2.31. The van der Waals surface area contributed by atoms with Crippen molar-refractivity contribution in [3.63, 3.8) is 0 Å². The van der Waals surface area contributed by atoms with E-state index in [1.165, 1.54) is 25.0 Å². The first-order chi connectivity index (χ1) is 6.98. The number of nitrogens with one attached hydrogen (secondary N) is 1. The minimum absolute atomic E-state index is 0.380. The van der Waals surface area contributed by atoms with Crippen LogP contribution in [0.3, 0.4) is 0 Å². The van der Waals surface area contributed by atoms with Crippen molar-refractivity contribution in [1.29, 1.82) is 0 Å². The van der Waals surface area contributed by atoms with Crippen molar-refractivity contribution in [2.45, 2.75) is 53.0 Å². The smallest absolute Gasteiger partial charge is 0.0410 e. The fourth-order valence-electron chi connectivity index (χ4n) is 2.13. The van der Waals surface area contributed by atoms with Gasteiger partial charge in [0.05, 0.1) is 0 Å². The highest BCUT2D eigenvalue weighted by atomic mass is 14.9. The number of hydrogen-bond donors (Lipinski definition) is 1. The Morgan fingerprint density at radius 3 is 2.67 bits per heavy atom. The summed E-state index contributed by atoms with van der Waals surface area (Å²) in [6.07, 6.45) is 8.02. The van der Waals surface area contributed by atoms with E-state index < -0.39 is 0 Å². The van der Waals surface area contributed by atoms with Crippen molar-refractivity contribution in [1.82, 2.24) is 5.32 Å². The summed E-state index contributed by atoms with van der Waals surface area (Å²) in [5, 5.41) is 3.52. The SMILES string of the molecule is C=CC(C)NC1=CCCC(C)(C(C)C)C1. The fourth-order valence-corrected chi connectivity index (χ4v) is 2.13. The van der Waals surface area contributed by atoms with E-state index in [1.54, 1.807) is 0 Å². The number of allylic oxidation sites excluding steroid dienone is 2.